The largest absolute Gasteiger partial charge is 0.468 e. The van der Waals surface area contributed by atoms with Gasteiger partial charge in [-0.25, -0.2) is 0 Å². The van der Waals surface area contributed by atoms with E-state index in [-0.39, 0.29) is 0 Å². The summed E-state index contributed by atoms with van der Waals surface area (Å²) in [4.78, 5) is 0. The molecule has 1 N–H and O–H groups in total. The molecule has 0 bridgehead atoms. The van der Waals surface area contributed by atoms with E-state index in [2.05, 4.69) is 18.3 Å². The van der Waals surface area contributed by atoms with E-state index >= 15 is 0 Å². The molecule has 0 aromatic carbocycles. The van der Waals surface area contributed by atoms with E-state index < -0.39 is 0 Å². The molecule has 2 heteroatoms. The minimum Gasteiger partial charge on any atom is -0.468 e. The zero-order chi connectivity index (χ0) is 10.3. The van der Waals surface area contributed by atoms with Gasteiger partial charge in [-0.2, -0.15) is 0 Å². The van der Waals surface area contributed by atoms with Gasteiger partial charge in [0.1, 0.15) is 5.76 Å². The lowest BCUT2D eigenvalue weighted by molar-refractivity contribution is 0.342. The van der Waals surface area contributed by atoms with Crippen molar-refractivity contribution in [2.45, 2.75) is 44.7 Å². The van der Waals surface area contributed by atoms with Crippen molar-refractivity contribution >= 4 is 0 Å². The topological polar surface area (TPSA) is 25.2 Å². The summed E-state index contributed by atoms with van der Waals surface area (Å²) in [5, 5.41) is 3.75. The summed E-state index contributed by atoms with van der Waals surface area (Å²) in [6.45, 7) is 2.20. The lowest BCUT2D eigenvalue weighted by atomic mass is 10.1. The highest BCUT2D eigenvalue weighted by molar-refractivity contribution is 5.06. The van der Waals surface area contributed by atoms with Crippen LogP contribution < -0.4 is 5.32 Å². The van der Waals surface area contributed by atoms with Gasteiger partial charge in [0.05, 0.1) is 12.3 Å². The molecule has 0 spiro atoms. The van der Waals surface area contributed by atoms with E-state index in [0.29, 0.717) is 6.04 Å². The van der Waals surface area contributed by atoms with Crippen LogP contribution in [-0.2, 0) is 0 Å². The molecular formula is C13H19NO. The molecule has 2 aliphatic rings. The van der Waals surface area contributed by atoms with Crippen molar-refractivity contribution in [3.63, 3.8) is 0 Å². The van der Waals surface area contributed by atoms with Crippen molar-refractivity contribution in [1.29, 1.82) is 0 Å². The summed E-state index contributed by atoms with van der Waals surface area (Å²) in [6, 6.07) is 5.15. The van der Waals surface area contributed by atoms with Crippen molar-refractivity contribution in [2.75, 3.05) is 0 Å². The van der Waals surface area contributed by atoms with Crippen LogP contribution in [0.2, 0.25) is 0 Å². The first-order valence-electron chi connectivity index (χ1n) is 6.14. The van der Waals surface area contributed by atoms with Crippen molar-refractivity contribution < 1.29 is 4.42 Å². The first-order valence-corrected chi connectivity index (χ1v) is 6.14. The van der Waals surface area contributed by atoms with Gasteiger partial charge in [-0.15, -0.1) is 0 Å². The summed E-state index contributed by atoms with van der Waals surface area (Å²) in [6.07, 6.45) is 7.48. The van der Waals surface area contributed by atoms with Gasteiger partial charge in [-0.1, -0.05) is 0 Å². The van der Waals surface area contributed by atoms with Crippen LogP contribution in [0.5, 0.6) is 0 Å². The Morgan fingerprint density at radius 2 is 1.93 bits per heavy atom. The number of hydrogen-bond acceptors (Lipinski definition) is 2. The second-order valence-corrected chi connectivity index (χ2v) is 5.10. The Morgan fingerprint density at radius 1 is 1.27 bits per heavy atom. The number of furan rings is 1. The van der Waals surface area contributed by atoms with E-state index in [9.17, 15) is 0 Å². The zero-order valence-electron chi connectivity index (χ0n) is 9.28. The molecule has 0 radical (unpaired) electrons. The van der Waals surface area contributed by atoms with E-state index in [0.717, 1.165) is 23.6 Å². The Kier molecular flexibility index (Phi) is 2.32. The predicted molar refractivity (Wildman–Crippen MR) is 59.5 cm³/mol. The maximum Gasteiger partial charge on any atom is 0.120 e. The Hall–Kier alpha value is -0.760. The standard InChI is InChI=1S/C13H19NO/c1-9(12-3-2-8-15-12)14-13(10-4-5-10)11-6-7-11/h2-3,8-11,13-14H,4-7H2,1H3/t9-/m0/s1. The predicted octanol–water partition coefficient (Wildman–Crippen LogP) is 3.12. The van der Waals surface area contributed by atoms with Crippen molar-refractivity contribution in [3.8, 4) is 0 Å². The van der Waals surface area contributed by atoms with Gasteiger partial charge in [0.25, 0.3) is 0 Å². The quantitative estimate of drug-likeness (QED) is 0.799. The first-order chi connectivity index (χ1) is 7.34. The van der Waals surface area contributed by atoms with Crippen molar-refractivity contribution in [1.82, 2.24) is 5.32 Å². The van der Waals surface area contributed by atoms with Gasteiger partial charge in [0.2, 0.25) is 0 Å². The monoisotopic (exact) mass is 205 g/mol. The highest BCUT2D eigenvalue weighted by atomic mass is 16.3. The lowest BCUT2D eigenvalue weighted by Gasteiger charge is -2.21. The Morgan fingerprint density at radius 3 is 2.40 bits per heavy atom. The molecule has 1 aromatic rings. The van der Waals surface area contributed by atoms with Gasteiger partial charge in [-0.3, -0.25) is 0 Å². The maximum absolute atomic E-state index is 5.43. The third-order valence-electron chi connectivity index (χ3n) is 3.67. The minimum atomic E-state index is 0.367. The van der Waals surface area contributed by atoms with Crippen molar-refractivity contribution in [3.05, 3.63) is 24.2 Å². The van der Waals surface area contributed by atoms with Crippen LogP contribution in [0.25, 0.3) is 0 Å². The third kappa shape index (κ3) is 2.10. The molecule has 3 rings (SSSR count). The molecule has 0 saturated heterocycles. The van der Waals surface area contributed by atoms with E-state index in [1.165, 1.54) is 25.7 Å². The second-order valence-electron chi connectivity index (χ2n) is 5.10. The highest BCUT2D eigenvalue weighted by Crippen LogP contribution is 2.45. The molecule has 82 valence electrons. The van der Waals surface area contributed by atoms with Crippen molar-refractivity contribution in [2.24, 2.45) is 11.8 Å². The molecule has 0 unspecified atom stereocenters. The second kappa shape index (κ2) is 3.67. The zero-order valence-corrected chi connectivity index (χ0v) is 9.28. The fourth-order valence-corrected chi connectivity index (χ4v) is 2.48. The highest BCUT2D eigenvalue weighted by Gasteiger charge is 2.41. The normalized spacial score (nSPS) is 23.3. The molecular weight excluding hydrogens is 186 g/mol. The Labute approximate surface area is 91.0 Å². The number of hydrogen-bond donors (Lipinski definition) is 1. The Bertz CT molecular complexity index is 299. The molecule has 15 heavy (non-hydrogen) atoms. The summed E-state index contributed by atoms with van der Waals surface area (Å²) in [7, 11) is 0. The minimum absolute atomic E-state index is 0.367. The summed E-state index contributed by atoms with van der Waals surface area (Å²) in [5.41, 5.74) is 0. The van der Waals surface area contributed by atoms with Crippen LogP contribution in [0.1, 0.15) is 44.4 Å². The SMILES string of the molecule is C[C@H](NC(C1CC1)C1CC1)c1ccco1. The molecule has 2 nitrogen and oxygen atoms in total. The smallest absolute Gasteiger partial charge is 0.120 e. The molecule has 1 aromatic heterocycles. The van der Waals surface area contributed by atoms with E-state index in [1.807, 2.05) is 6.07 Å². The van der Waals surface area contributed by atoms with Crippen LogP contribution in [-0.4, -0.2) is 6.04 Å². The summed E-state index contributed by atoms with van der Waals surface area (Å²) >= 11 is 0. The summed E-state index contributed by atoms with van der Waals surface area (Å²) < 4.78 is 5.43. The molecule has 0 amide bonds. The first kappa shape index (κ1) is 9.46. The lowest BCUT2D eigenvalue weighted by Crippen LogP contribution is -2.35. The van der Waals surface area contributed by atoms with Crippen LogP contribution in [0, 0.1) is 11.8 Å². The number of rotatable bonds is 5. The van der Waals surface area contributed by atoms with E-state index in [4.69, 9.17) is 4.42 Å². The van der Waals surface area contributed by atoms with Gasteiger partial charge in [0, 0.05) is 6.04 Å². The molecule has 2 aliphatic carbocycles. The van der Waals surface area contributed by atoms with E-state index in [1.54, 1.807) is 6.26 Å². The molecule has 2 saturated carbocycles. The van der Waals surface area contributed by atoms with Gasteiger partial charge >= 0.3 is 0 Å². The maximum atomic E-state index is 5.43. The molecule has 0 aliphatic heterocycles. The van der Waals surface area contributed by atoms with Crippen LogP contribution in [0.3, 0.4) is 0 Å². The van der Waals surface area contributed by atoms with Crippen LogP contribution in [0.15, 0.2) is 22.8 Å². The van der Waals surface area contributed by atoms with Crippen LogP contribution >= 0.6 is 0 Å². The third-order valence-corrected chi connectivity index (χ3v) is 3.67. The molecule has 1 heterocycles. The average molecular weight is 205 g/mol. The molecule has 1 atom stereocenters. The molecule has 2 fully saturated rings. The van der Waals surface area contributed by atoms with Gasteiger partial charge < -0.3 is 9.73 Å². The van der Waals surface area contributed by atoms with Crippen LogP contribution in [0.4, 0.5) is 0 Å². The van der Waals surface area contributed by atoms with Gasteiger partial charge in [-0.05, 0) is 56.6 Å². The average Bonchev–Trinajstić information content (AvgIpc) is 3.15. The Balaban J connectivity index is 1.62. The van der Waals surface area contributed by atoms with Gasteiger partial charge in [0.15, 0.2) is 0 Å². The fourth-order valence-electron chi connectivity index (χ4n) is 2.48. The summed E-state index contributed by atoms with van der Waals surface area (Å²) in [5.74, 6) is 2.98. The number of nitrogens with one attached hydrogen (secondary N) is 1. The fraction of sp³-hybridized carbons (Fsp3) is 0.692.